The van der Waals surface area contributed by atoms with Gasteiger partial charge in [-0.25, -0.2) is 17.8 Å². The monoisotopic (exact) mass is 832 g/mol. The molecule has 1 atom stereocenters. The normalized spacial score (nSPS) is 12.0. The molecule has 3 aromatic rings. The summed E-state index contributed by atoms with van der Waals surface area (Å²) in [5.41, 5.74) is -1.27. The van der Waals surface area contributed by atoms with Gasteiger partial charge in [0.1, 0.15) is 13.4 Å². The van der Waals surface area contributed by atoms with E-state index in [1.54, 1.807) is 0 Å². The van der Waals surface area contributed by atoms with Crippen LogP contribution in [0.15, 0.2) is 16.9 Å². The van der Waals surface area contributed by atoms with Crippen molar-refractivity contribution in [3.8, 4) is 5.69 Å². The number of anilines is 3. The van der Waals surface area contributed by atoms with Gasteiger partial charge in [-0.2, -0.15) is 28.4 Å². The van der Waals surface area contributed by atoms with Crippen LogP contribution in [-0.2, 0) is 30.3 Å². The Kier molecular flexibility index (Phi) is 20.9. The Bertz CT molecular complexity index is 1740. The van der Waals surface area contributed by atoms with Gasteiger partial charge >= 0.3 is 18.2 Å². The number of sulfonamides is 1. The number of aryl methyl sites for hydroxylation is 1. The van der Waals surface area contributed by atoms with Crippen LogP contribution < -0.4 is 31.3 Å². The van der Waals surface area contributed by atoms with Crippen LogP contribution >= 0.6 is 42.4 Å². The van der Waals surface area contributed by atoms with E-state index >= 15 is 0 Å². The summed E-state index contributed by atoms with van der Waals surface area (Å²) in [5, 5.41) is 19.7. The van der Waals surface area contributed by atoms with Gasteiger partial charge in [-0.3, -0.25) is 14.8 Å². The molecule has 50 heavy (non-hydrogen) atoms. The third-order valence-electron chi connectivity index (χ3n) is 4.60. The van der Waals surface area contributed by atoms with Crippen molar-refractivity contribution in [2.75, 3.05) is 66.3 Å². The third-order valence-corrected chi connectivity index (χ3v) is 6.60. The molecule has 0 aliphatic carbocycles. The molecule has 0 amide bonds. The number of nitrogens with one attached hydrogen (secondary N) is 4. The zero-order valence-electron chi connectivity index (χ0n) is 27.7. The largest absolute Gasteiger partial charge is 0.778 e. The maximum absolute atomic E-state index is 12.8. The number of hydrogen-bond donors (Lipinski definition) is 6. The molecule has 2 heterocycles. The van der Waals surface area contributed by atoms with Crippen LogP contribution in [0.5, 0.6) is 0 Å². The van der Waals surface area contributed by atoms with Crippen LogP contribution in [0.3, 0.4) is 0 Å². The first-order chi connectivity index (χ1) is 22.9. The lowest BCUT2D eigenvalue weighted by Crippen LogP contribution is -2.25. The number of benzene rings is 1. The number of carboxylic acids is 1. The number of carbonyl (C=O) groups is 1. The van der Waals surface area contributed by atoms with Crippen molar-refractivity contribution in [1.82, 2.24) is 34.6 Å². The lowest BCUT2D eigenvalue weighted by Gasteiger charge is -2.14. The van der Waals surface area contributed by atoms with E-state index in [0.29, 0.717) is 27.5 Å². The number of hydrogen-bond acceptors (Lipinski definition) is 13. The predicted molar refractivity (Wildman–Crippen MR) is 191 cm³/mol. The summed E-state index contributed by atoms with van der Waals surface area (Å²) in [6.07, 6.45) is 6.78. The molecule has 6 N–H and O–H groups in total. The van der Waals surface area contributed by atoms with E-state index in [2.05, 4.69) is 54.2 Å². The molecule has 0 saturated carbocycles. The van der Waals surface area contributed by atoms with Crippen LogP contribution in [0.25, 0.3) is 5.69 Å². The summed E-state index contributed by atoms with van der Waals surface area (Å²) in [4.78, 5) is 51.7. The van der Waals surface area contributed by atoms with Crippen LogP contribution in [0.4, 0.5) is 26.4 Å². The molecular weight excluding hydrogens is 796 g/mol. The third kappa shape index (κ3) is 19.5. The van der Waals surface area contributed by atoms with Crippen molar-refractivity contribution in [2.24, 2.45) is 0 Å². The van der Waals surface area contributed by atoms with E-state index in [0.717, 1.165) is 25.4 Å². The minimum Gasteiger partial charge on any atom is -0.778 e. The first-order valence-electron chi connectivity index (χ1n) is 13.7. The van der Waals surface area contributed by atoms with Crippen LogP contribution in [-0.4, -0.2) is 105 Å². The van der Waals surface area contributed by atoms with Gasteiger partial charge in [-0.1, -0.05) is 23.2 Å². The Morgan fingerprint density at radius 1 is 1.06 bits per heavy atom. The fourth-order valence-corrected chi connectivity index (χ4v) is 4.65. The highest BCUT2D eigenvalue weighted by Crippen LogP contribution is 2.31. The first-order valence-corrected chi connectivity index (χ1v) is 20.9. The quantitative estimate of drug-likeness (QED) is 0.113. The topological polar surface area (TPSA) is 258 Å². The average Bonchev–Trinajstić information content (AvgIpc) is 3.22. The molecule has 1 aromatic carbocycles. The van der Waals surface area contributed by atoms with Crippen LogP contribution in [0.2, 0.25) is 15.3 Å². The Labute approximate surface area is 304 Å². The van der Waals surface area contributed by atoms with Gasteiger partial charge in [0.25, 0.3) is 0 Å². The van der Waals surface area contributed by atoms with Crippen molar-refractivity contribution >= 4 is 86.9 Å². The van der Waals surface area contributed by atoms with Gasteiger partial charge in [0.15, 0.2) is 0 Å². The molecule has 1 unspecified atom stereocenters. The van der Waals surface area contributed by atoms with E-state index in [9.17, 15) is 36.2 Å². The molecule has 0 saturated heterocycles. The second-order valence-electron chi connectivity index (χ2n) is 9.70. The summed E-state index contributed by atoms with van der Waals surface area (Å²) in [6, 6.07) is 2.31. The second kappa shape index (κ2) is 22.2. The number of nitrogens with zero attached hydrogens (tertiary/aromatic N) is 6. The fraction of sp³-hybridized carbons (Fsp3) is 0.500. The molecule has 0 aliphatic heterocycles. The van der Waals surface area contributed by atoms with Crippen LogP contribution in [0.1, 0.15) is 26.2 Å². The Hall–Kier alpha value is -2.82. The van der Waals surface area contributed by atoms with Crippen molar-refractivity contribution < 1.29 is 41.5 Å². The molecular formula is C24H38Cl3F2N10O8PS2. The minimum atomic E-state index is -4.35. The highest BCUT2D eigenvalue weighted by atomic mass is 35.5. The summed E-state index contributed by atoms with van der Waals surface area (Å²) < 4.78 is 61.2. The maximum atomic E-state index is 12.8. The number of rotatable bonds is 12. The molecule has 0 bridgehead atoms. The van der Waals surface area contributed by atoms with Gasteiger partial charge in [0, 0.05) is 13.1 Å². The summed E-state index contributed by atoms with van der Waals surface area (Å²) >= 11 is 17.5. The van der Waals surface area contributed by atoms with Crippen molar-refractivity contribution in [3.05, 3.63) is 43.8 Å². The lowest BCUT2D eigenvalue weighted by molar-refractivity contribution is -0.193. The van der Waals surface area contributed by atoms with E-state index in [1.165, 1.54) is 13.0 Å². The Morgan fingerprint density at radius 3 is 1.94 bits per heavy atom. The van der Waals surface area contributed by atoms with E-state index < -0.39 is 48.7 Å². The highest BCUT2D eigenvalue weighted by Gasteiger charge is 2.21. The summed E-state index contributed by atoms with van der Waals surface area (Å²) in [7, 11) is -7.36. The fourth-order valence-electron chi connectivity index (χ4n) is 2.96. The Balaban J connectivity index is 0.000000750. The van der Waals surface area contributed by atoms with E-state index in [1.807, 2.05) is 19.2 Å². The van der Waals surface area contributed by atoms with Gasteiger partial charge < -0.3 is 30.1 Å². The second-order valence-corrected chi connectivity index (χ2v) is 16.6. The predicted octanol–water partition coefficient (Wildman–Crippen LogP) is 2.46. The van der Waals surface area contributed by atoms with Gasteiger partial charge in [0.2, 0.25) is 27.2 Å². The number of carboxylic acid groups (broad SMARTS) is 1. The summed E-state index contributed by atoms with van der Waals surface area (Å²) in [5.74, 6) is -0.404. The van der Waals surface area contributed by atoms with Crippen LogP contribution in [0, 0.1) is 6.92 Å². The summed E-state index contributed by atoms with van der Waals surface area (Å²) in [6.45, 7) is 3.11. The molecule has 26 heteroatoms. The molecule has 0 fully saturated rings. The van der Waals surface area contributed by atoms with E-state index in [-0.39, 0.29) is 37.1 Å². The standard InChI is InChI=1S/C11H10Cl2F2N4O3S.C7H12ClN5.C3H8NO5P.C3H9S/c1-5-16-19(11(20)18(5)10(14)15)9-4-8(17-23(2,21)22)6(12)3-7(9)13;1-3-9-6-11-5(8)12-7(13-6)10-4-2;5-3(6)1-4-2-10(7,8)9;1-4(2)3/h3-4,10,17H,1-2H3;3-4H2,1-2H3,(H2,9,10,11,12,13);4H,1-2H2,(H,5,6)(H2,7,8,9);1-3H3/q;;;+1/p-1. The number of alkyl halides is 2. The first kappa shape index (κ1) is 47.2. The van der Waals surface area contributed by atoms with Crippen molar-refractivity contribution in [1.29, 1.82) is 0 Å². The van der Waals surface area contributed by atoms with Gasteiger partial charge in [0.05, 0.1) is 59.3 Å². The molecule has 0 aliphatic rings. The maximum Gasteiger partial charge on any atom is 0.355 e. The van der Waals surface area contributed by atoms with Crippen molar-refractivity contribution in [2.45, 2.75) is 27.3 Å². The average molecular weight is 834 g/mol. The number of aliphatic carboxylic acids is 1. The van der Waals surface area contributed by atoms with Gasteiger partial charge in [-0.15, -0.1) is 5.10 Å². The lowest BCUT2D eigenvalue weighted by atomic mass is 10.3. The highest BCUT2D eigenvalue weighted by molar-refractivity contribution is 7.94. The molecule has 0 radical (unpaired) electrons. The molecule has 0 spiro atoms. The molecule has 3 rings (SSSR count). The number of aromatic nitrogens is 6. The molecule has 18 nitrogen and oxygen atoms in total. The van der Waals surface area contributed by atoms with Crippen molar-refractivity contribution in [3.63, 3.8) is 0 Å². The number of halogens is 5. The van der Waals surface area contributed by atoms with E-state index in [4.69, 9.17) is 44.8 Å². The zero-order valence-corrected chi connectivity index (χ0v) is 32.5. The molecule has 2 aromatic heterocycles. The van der Waals surface area contributed by atoms with Gasteiger partial charge in [-0.05, 0) is 55.4 Å². The smallest absolute Gasteiger partial charge is 0.355 e. The minimum absolute atomic E-state index is 0.0257. The SMILES string of the molecule is CCNc1nc(Cl)nc(NCC)n1.C[S+](C)C.Cc1nn(-c2cc(NS(C)(=O)=O)c(Cl)cc2Cl)c(=O)n1C(F)F.O=C(O)CNCP(=O)([O-])O. The molecule has 284 valence electrons. The Morgan fingerprint density at radius 2 is 1.56 bits per heavy atom. The zero-order chi connectivity index (χ0) is 39.0.